The zero-order chi connectivity index (χ0) is 14.8. The van der Waals surface area contributed by atoms with Crippen molar-refractivity contribution in [3.8, 4) is 6.07 Å². The molecule has 0 saturated heterocycles. The van der Waals surface area contributed by atoms with Gasteiger partial charge in [-0.1, -0.05) is 46.3 Å². The van der Waals surface area contributed by atoms with Crippen molar-refractivity contribution in [3.05, 3.63) is 69.1 Å². The number of nitrogens with zero attached hydrogens (tertiary/aromatic N) is 1. The van der Waals surface area contributed by atoms with Crippen molar-refractivity contribution >= 4 is 54.0 Å². The minimum absolute atomic E-state index is 0.601. The summed E-state index contributed by atoms with van der Waals surface area (Å²) in [5, 5.41) is 14.9. The molecule has 3 aromatic carbocycles. The van der Waals surface area contributed by atoms with E-state index in [0.717, 1.165) is 31.1 Å². The Labute approximate surface area is 139 Å². The van der Waals surface area contributed by atoms with Gasteiger partial charge >= 0.3 is 0 Å². The lowest BCUT2D eigenvalue weighted by atomic mass is 10.1. The Hall–Kier alpha value is -1.83. The lowest BCUT2D eigenvalue weighted by Crippen LogP contribution is -1.95. The normalized spacial score (nSPS) is 10.3. The molecule has 102 valence electrons. The Morgan fingerprint density at radius 1 is 0.762 bits per heavy atom. The highest BCUT2D eigenvalue weighted by molar-refractivity contribution is 9.11. The molecule has 0 aromatic heterocycles. The van der Waals surface area contributed by atoms with Crippen molar-refractivity contribution < 1.29 is 0 Å². The van der Waals surface area contributed by atoms with Crippen molar-refractivity contribution in [2.24, 2.45) is 0 Å². The van der Waals surface area contributed by atoms with Gasteiger partial charge in [0.1, 0.15) is 6.07 Å². The summed E-state index contributed by atoms with van der Waals surface area (Å²) < 4.78 is 1.84. The van der Waals surface area contributed by atoms with Crippen molar-refractivity contribution in [3.63, 3.8) is 0 Å². The molecule has 0 amide bonds. The average molecular weight is 402 g/mol. The monoisotopic (exact) mass is 400 g/mol. The summed E-state index contributed by atoms with van der Waals surface area (Å²) in [6.07, 6.45) is 0. The van der Waals surface area contributed by atoms with Crippen LogP contribution in [0, 0.1) is 11.3 Å². The fourth-order valence-corrected chi connectivity index (χ4v) is 3.19. The van der Waals surface area contributed by atoms with Gasteiger partial charge in [-0.15, -0.1) is 0 Å². The Kier molecular flexibility index (Phi) is 3.96. The highest BCUT2D eigenvalue weighted by atomic mass is 79.9. The molecule has 1 N–H and O–H groups in total. The third kappa shape index (κ3) is 2.67. The zero-order valence-corrected chi connectivity index (χ0v) is 14.1. The summed E-state index contributed by atoms with van der Waals surface area (Å²) in [4.78, 5) is 0. The fraction of sp³-hybridized carbons (Fsp3) is 0. The predicted molar refractivity (Wildman–Crippen MR) is 93.8 cm³/mol. The smallest absolute Gasteiger partial charge is 0.103 e. The first-order valence-electron chi connectivity index (χ1n) is 6.33. The van der Waals surface area contributed by atoms with Crippen LogP contribution in [0.15, 0.2) is 63.5 Å². The molecule has 0 aliphatic heterocycles. The third-order valence-corrected chi connectivity index (χ3v) is 4.62. The molecule has 3 rings (SSSR count). The molecular formula is C17H10Br2N2. The first kappa shape index (κ1) is 14.1. The van der Waals surface area contributed by atoms with Crippen LogP contribution in [-0.4, -0.2) is 0 Å². The first-order chi connectivity index (χ1) is 10.2. The molecule has 0 radical (unpaired) electrons. The van der Waals surface area contributed by atoms with Crippen molar-refractivity contribution in [1.29, 1.82) is 5.26 Å². The van der Waals surface area contributed by atoms with Gasteiger partial charge in [0.2, 0.25) is 0 Å². The molecule has 4 heteroatoms. The first-order valence-corrected chi connectivity index (χ1v) is 7.92. The fourth-order valence-electron chi connectivity index (χ4n) is 2.26. The molecule has 0 spiro atoms. The minimum atomic E-state index is 0.601. The van der Waals surface area contributed by atoms with E-state index in [1.54, 1.807) is 0 Å². The van der Waals surface area contributed by atoms with Gasteiger partial charge in [0, 0.05) is 20.0 Å². The number of rotatable bonds is 2. The minimum Gasteiger partial charge on any atom is -0.354 e. The van der Waals surface area contributed by atoms with E-state index in [4.69, 9.17) is 0 Å². The van der Waals surface area contributed by atoms with E-state index in [0.29, 0.717) is 5.56 Å². The van der Waals surface area contributed by atoms with Gasteiger partial charge in [-0.2, -0.15) is 5.26 Å². The number of anilines is 2. The van der Waals surface area contributed by atoms with E-state index in [-0.39, 0.29) is 0 Å². The summed E-state index contributed by atoms with van der Waals surface area (Å²) in [5.74, 6) is 0. The maximum atomic E-state index is 9.31. The number of hydrogen-bond acceptors (Lipinski definition) is 2. The van der Waals surface area contributed by atoms with Crippen LogP contribution < -0.4 is 5.32 Å². The quantitative estimate of drug-likeness (QED) is 0.573. The number of halogens is 2. The summed E-state index contributed by atoms with van der Waals surface area (Å²) in [7, 11) is 0. The number of nitriles is 1. The number of fused-ring (bicyclic) bond motifs is 1. The SMILES string of the molecule is N#Cc1c(Br)cccc1Nc1ccc(Br)c2ccccc12. The Bertz CT molecular complexity index is 866. The number of hydrogen-bond donors (Lipinski definition) is 1. The van der Waals surface area contributed by atoms with Crippen molar-refractivity contribution in [2.75, 3.05) is 5.32 Å². The topological polar surface area (TPSA) is 35.8 Å². The molecule has 0 bridgehead atoms. The van der Waals surface area contributed by atoms with Crippen LogP contribution in [0.3, 0.4) is 0 Å². The van der Waals surface area contributed by atoms with Crippen LogP contribution in [0.1, 0.15) is 5.56 Å². The van der Waals surface area contributed by atoms with E-state index in [1.807, 2.05) is 42.5 Å². The lowest BCUT2D eigenvalue weighted by Gasteiger charge is -2.12. The zero-order valence-electron chi connectivity index (χ0n) is 10.9. The lowest BCUT2D eigenvalue weighted by molar-refractivity contribution is 1.45. The summed E-state index contributed by atoms with van der Waals surface area (Å²) >= 11 is 6.98. The summed E-state index contributed by atoms with van der Waals surface area (Å²) in [6, 6.07) is 20.1. The molecule has 0 unspecified atom stereocenters. The van der Waals surface area contributed by atoms with Gasteiger partial charge in [-0.25, -0.2) is 0 Å². The number of nitrogens with one attached hydrogen (secondary N) is 1. The highest BCUT2D eigenvalue weighted by Gasteiger charge is 2.09. The molecular weight excluding hydrogens is 392 g/mol. The van der Waals surface area contributed by atoms with Crippen LogP contribution in [0.4, 0.5) is 11.4 Å². The van der Waals surface area contributed by atoms with Gasteiger partial charge < -0.3 is 5.32 Å². The van der Waals surface area contributed by atoms with E-state index in [2.05, 4.69) is 55.4 Å². The van der Waals surface area contributed by atoms with Gasteiger partial charge in [0.15, 0.2) is 0 Å². The number of benzene rings is 3. The molecule has 0 aliphatic carbocycles. The molecule has 3 aromatic rings. The second kappa shape index (κ2) is 5.88. The van der Waals surface area contributed by atoms with Crippen LogP contribution in [-0.2, 0) is 0 Å². The maximum Gasteiger partial charge on any atom is 0.103 e. The standard InChI is InChI=1S/C17H10Br2N2/c18-14-6-3-7-16(13(14)10-20)21-17-9-8-15(19)11-4-1-2-5-12(11)17/h1-9,21H. The third-order valence-electron chi connectivity index (χ3n) is 3.27. The molecule has 0 saturated carbocycles. The van der Waals surface area contributed by atoms with Crippen molar-refractivity contribution in [2.45, 2.75) is 0 Å². The summed E-state index contributed by atoms with van der Waals surface area (Å²) in [6.45, 7) is 0. The largest absolute Gasteiger partial charge is 0.354 e. The van der Waals surface area contributed by atoms with Gasteiger partial charge in [-0.05, 0) is 45.6 Å². The van der Waals surface area contributed by atoms with Gasteiger partial charge in [0.05, 0.1) is 11.3 Å². The van der Waals surface area contributed by atoms with Gasteiger partial charge in [0.25, 0.3) is 0 Å². The Balaban J connectivity index is 2.14. The van der Waals surface area contributed by atoms with Gasteiger partial charge in [-0.3, -0.25) is 0 Å². The van der Waals surface area contributed by atoms with Crippen LogP contribution in [0.5, 0.6) is 0 Å². The second-order valence-electron chi connectivity index (χ2n) is 4.54. The second-order valence-corrected chi connectivity index (χ2v) is 6.25. The van der Waals surface area contributed by atoms with E-state index >= 15 is 0 Å². The molecule has 0 fully saturated rings. The van der Waals surface area contributed by atoms with Crippen molar-refractivity contribution in [1.82, 2.24) is 0 Å². The molecule has 21 heavy (non-hydrogen) atoms. The van der Waals surface area contributed by atoms with E-state index in [9.17, 15) is 5.26 Å². The molecule has 0 atom stereocenters. The average Bonchev–Trinajstić information content (AvgIpc) is 2.51. The van der Waals surface area contributed by atoms with Crippen LogP contribution >= 0.6 is 31.9 Å². The highest BCUT2D eigenvalue weighted by Crippen LogP contribution is 2.33. The maximum absolute atomic E-state index is 9.31. The van der Waals surface area contributed by atoms with E-state index in [1.165, 1.54) is 0 Å². The van der Waals surface area contributed by atoms with Crippen LogP contribution in [0.2, 0.25) is 0 Å². The van der Waals surface area contributed by atoms with E-state index < -0.39 is 0 Å². The summed E-state index contributed by atoms with van der Waals surface area (Å²) in [5.41, 5.74) is 2.37. The molecule has 0 aliphatic rings. The predicted octanol–water partition coefficient (Wildman–Crippen LogP) is 5.98. The van der Waals surface area contributed by atoms with Crippen LogP contribution in [0.25, 0.3) is 10.8 Å². The molecule has 2 nitrogen and oxygen atoms in total. The molecule has 0 heterocycles. The Morgan fingerprint density at radius 2 is 1.52 bits per heavy atom. The Morgan fingerprint density at radius 3 is 2.29 bits per heavy atom.